The first-order valence-electron chi connectivity index (χ1n) is 11.4. The molecule has 8 heteroatoms. The van der Waals surface area contributed by atoms with Crippen molar-refractivity contribution in [2.45, 2.75) is 70.4 Å². The van der Waals surface area contributed by atoms with Gasteiger partial charge in [0.1, 0.15) is 11.9 Å². The topological polar surface area (TPSA) is 87.2 Å². The predicted molar refractivity (Wildman–Crippen MR) is 116 cm³/mol. The third kappa shape index (κ3) is 3.70. The maximum Gasteiger partial charge on any atom is 0.249 e. The van der Waals surface area contributed by atoms with E-state index >= 15 is 0 Å². The summed E-state index contributed by atoms with van der Waals surface area (Å²) in [5.74, 6) is -0.291. The molecule has 1 aliphatic heterocycles. The molecule has 0 saturated heterocycles. The summed E-state index contributed by atoms with van der Waals surface area (Å²) in [6.07, 6.45) is 17.2. The molecule has 32 heavy (non-hydrogen) atoms. The molecule has 0 N–H and O–H groups in total. The summed E-state index contributed by atoms with van der Waals surface area (Å²) in [6, 6.07) is 3.31. The van der Waals surface area contributed by atoms with E-state index in [1.807, 2.05) is 4.68 Å². The number of hydrazone groups is 1. The van der Waals surface area contributed by atoms with Gasteiger partial charge in [0.15, 0.2) is 0 Å². The van der Waals surface area contributed by atoms with E-state index in [0.29, 0.717) is 23.0 Å². The molecule has 3 aliphatic carbocycles. The van der Waals surface area contributed by atoms with Gasteiger partial charge in [0, 0.05) is 31.6 Å². The van der Waals surface area contributed by atoms with Gasteiger partial charge >= 0.3 is 0 Å². The highest BCUT2D eigenvalue weighted by molar-refractivity contribution is 5.88. The van der Waals surface area contributed by atoms with Crippen molar-refractivity contribution in [3.8, 4) is 6.07 Å². The van der Waals surface area contributed by atoms with Gasteiger partial charge in [-0.25, -0.2) is 9.40 Å². The van der Waals surface area contributed by atoms with Crippen LogP contribution in [0.15, 0.2) is 36.0 Å². The average Bonchev–Trinajstić information content (AvgIpc) is 3.40. The lowest BCUT2D eigenvalue weighted by atomic mass is 9.33. The lowest BCUT2D eigenvalue weighted by Gasteiger charge is -2.70. The minimum absolute atomic E-state index is 0.0957. The van der Waals surface area contributed by atoms with E-state index in [1.54, 1.807) is 29.8 Å². The number of nitrogens with zero attached hydrogens (tertiary/aromatic N) is 6. The van der Waals surface area contributed by atoms with Gasteiger partial charge in [0.2, 0.25) is 5.91 Å². The summed E-state index contributed by atoms with van der Waals surface area (Å²) in [5.41, 5.74) is 1.41. The van der Waals surface area contributed by atoms with Crippen LogP contribution in [0.2, 0.25) is 0 Å². The maximum absolute atomic E-state index is 13.6. The van der Waals surface area contributed by atoms with Crippen molar-refractivity contribution in [1.82, 2.24) is 19.8 Å². The van der Waals surface area contributed by atoms with Crippen LogP contribution in [-0.2, 0) is 11.3 Å². The zero-order chi connectivity index (χ0) is 22.2. The number of amides is 1. The highest BCUT2D eigenvalue weighted by Crippen LogP contribution is 2.76. The van der Waals surface area contributed by atoms with Gasteiger partial charge < -0.3 is 0 Å². The summed E-state index contributed by atoms with van der Waals surface area (Å²) in [5, 5.41) is 18.9. The van der Waals surface area contributed by atoms with Crippen LogP contribution in [-0.4, -0.2) is 31.9 Å². The predicted octanol–water partition coefficient (Wildman–Crippen LogP) is 4.37. The van der Waals surface area contributed by atoms with Crippen molar-refractivity contribution in [1.29, 1.82) is 5.26 Å². The fourth-order valence-electron chi connectivity index (χ4n) is 5.90. The molecule has 4 aliphatic rings. The number of carbonyl (C=O) groups is 1. The minimum Gasteiger partial charge on any atom is -0.272 e. The molecule has 1 amide bonds. The lowest BCUT2D eigenvalue weighted by Crippen LogP contribution is -2.67. The first-order valence-corrected chi connectivity index (χ1v) is 11.4. The Balaban J connectivity index is 1.05. The molecule has 7 nitrogen and oxygen atoms in total. The number of aryl methyl sites for hydroxylation is 1. The molecule has 166 valence electrons. The Morgan fingerprint density at radius 3 is 2.75 bits per heavy atom. The average molecular weight is 435 g/mol. The Hall–Kier alpha value is -3.08. The van der Waals surface area contributed by atoms with Crippen molar-refractivity contribution in [2.24, 2.45) is 15.9 Å². The standard InChI is InChI=1S/C24H27FN6O/c25-20-9-19(12-27-13-20)21-5-7-28-31(21)22(32)24-15-23(16-24,17-24)6-3-1-2-4-8-30-14-18(10-26)11-29-30/h7,9,11-14,21H,1-6,8,15-17H2. The van der Waals surface area contributed by atoms with E-state index < -0.39 is 0 Å². The highest BCUT2D eigenvalue weighted by Gasteiger charge is 2.71. The molecular weight excluding hydrogens is 407 g/mol. The number of carbonyl (C=O) groups excluding carboxylic acids is 1. The molecule has 1 unspecified atom stereocenters. The van der Waals surface area contributed by atoms with E-state index in [0.717, 1.165) is 38.6 Å². The zero-order valence-electron chi connectivity index (χ0n) is 18.1. The van der Waals surface area contributed by atoms with Gasteiger partial charge in [-0.1, -0.05) is 19.3 Å². The maximum atomic E-state index is 13.6. The number of hydrogen-bond donors (Lipinski definition) is 0. The number of pyridine rings is 1. The SMILES string of the molecule is N#Cc1cnn(CCCCCCC23CC(C(=O)N4N=CCC4c4cncc(F)c4)(C2)C3)c1. The van der Waals surface area contributed by atoms with Crippen LogP contribution in [0.4, 0.5) is 4.39 Å². The summed E-state index contributed by atoms with van der Waals surface area (Å²) in [4.78, 5) is 17.2. The molecule has 6 rings (SSSR count). The van der Waals surface area contributed by atoms with E-state index in [1.165, 1.54) is 31.5 Å². The fraction of sp³-hybridized carbons (Fsp3) is 0.542. The van der Waals surface area contributed by atoms with Crippen LogP contribution in [0.3, 0.4) is 0 Å². The van der Waals surface area contributed by atoms with Gasteiger partial charge in [0.25, 0.3) is 0 Å². The normalized spacial score (nSPS) is 27.6. The van der Waals surface area contributed by atoms with Crippen LogP contribution < -0.4 is 0 Å². The molecule has 2 aromatic rings. The highest BCUT2D eigenvalue weighted by atomic mass is 19.1. The molecule has 3 heterocycles. The fourth-order valence-corrected chi connectivity index (χ4v) is 5.90. The van der Waals surface area contributed by atoms with Crippen molar-refractivity contribution in [2.75, 3.05) is 0 Å². The van der Waals surface area contributed by atoms with Gasteiger partial charge in [-0.3, -0.25) is 14.5 Å². The van der Waals surface area contributed by atoms with E-state index in [4.69, 9.17) is 5.26 Å². The third-order valence-electron chi connectivity index (χ3n) is 7.35. The molecule has 0 aromatic carbocycles. The summed E-state index contributed by atoms with van der Waals surface area (Å²) >= 11 is 0. The molecular formula is C24H27FN6O. The largest absolute Gasteiger partial charge is 0.272 e. The Morgan fingerprint density at radius 1 is 1.19 bits per heavy atom. The molecule has 3 saturated carbocycles. The molecule has 3 fully saturated rings. The Morgan fingerprint density at radius 2 is 2.00 bits per heavy atom. The Kier molecular flexibility index (Phi) is 5.28. The summed E-state index contributed by atoms with van der Waals surface area (Å²) in [7, 11) is 0. The number of unbranched alkanes of at least 4 members (excludes halogenated alkanes) is 3. The van der Waals surface area contributed by atoms with Gasteiger partial charge in [-0.15, -0.1) is 0 Å². The number of hydrogen-bond acceptors (Lipinski definition) is 5. The first kappa shape index (κ1) is 20.8. The number of aromatic nitrogens is 3. The molecule has 1 atom stereocenters. The van der Waals surface area contributed by atoms with Gasteiger partial charge in [0.05, 0.1) is 29.4 Å². The molecule has 0 radical (unpaired) electrons. The monoisotopic (exact) mass is 434 g/mol. The smallest absolute Gasteiger partial charge is 0.249 e. The van der Waals surface area contributed by atoms with Crippen LogP contribution in [0, 0.1) is 28.0 Å². The molecule has 2 bridgehead atoms. The van der Waals surface area contributed by atoms with Crippen molar-refractivity contribution in [3.63, 3.8) is 0 Å². The second-order valence-electron chi connectivity index (χ2n) is 9.71. The first-order chi connectivity index (χ1) is 15.5. The van der Waals surface area contributed by atoms with Crippen molar-refractivity contribution in [3.05, 3.63) is 47.8 Å². The Labute approximate surface area is 186 Å². The zero-order valence-corrected chi connectivity index (χ0v) is 18.1. The molecule has 2 aromatic heterocycles. The van der Waals surface area contributed by atoms with E-state index in [2.05, 4.69) is 21.3 Å². The van der Waals surface area contributed by atoms with Crippen LogP contribution in [0.1, 0.15) is 75.0 Å². The van der Waals surface area contributed by atoms with Crippen molar-refractivity contribution < 1.29 is 9.18 Å². The van der Waals surface area contributed by atoms with E-state index in [-0.39, 0.29) is 23.2 Å². The number of rotatable bonds is 9. The Bertz CT molecular complexity index is 1070. The lowest BCUT2D eigenvalue weighted by molar-refractivity contribution is -0.220. The second-order valence-corrected chi connectivity index (χ2v) is 9.71. The minimum atomic E-state index is -0.386. The van der Waals surface area contributed by atoms with Crippen LogP contribution in [0.25, 0.3) is 0 Å². The number of nitriles is 1. The summed E-state index contributed by atoms with van der Waals surface area (Å²) in [6.45, 7) is 0.850. The van der Waals surface area contributed by atoms with Crippen LogP contribution >= 0.6 is 0 Å². The quantitative estimate of drug-likeness (QED) is 0.549. The van der Waals surface area contributed by atoms with Crippen LogP contribution in [0.5, 0.6) is 0 Å². The van der Waals surface area contributed by atoms with E-state index in [9.17, 15) is 9.18 Å². The van der Waals surface area contributed by atoms with Crippen molar-refractivity contribution >= 4 is 12.1 Å². The van der Waals surface area contributed by atoms with Gasteiger partial charge in [-0.05, 0) is 49.1 Å². The molecule has 0 spiro atoms. The second kappa shape index (κ2) is 8.12. The van der Waals surface area contributed by atoms with Gasteiger partial charge in [-0.2, -0.15) is 15.5 Å². The summed E-state index contributed by atoms with van der Waals surface area (Å²) < 4.78 is 15.4. The number of halogens is 1. The third-order valence-corrected chi connectivity index (χ3v) is 7.35.